The number of anilines is 1. The van der Waals surface area contributed by atoms with Gasteiger partial charge in [0.15, 0.2) is 5.69 Å². The molecule has 0 fully saturated rings. The van der Waals surface area contributed by atoms with Crippen LogP contribution in [-0.2, 0) is 10.2 Å². The second kappa shape index (κ2) is 5.32. The zero-order valence-electron chi connectivity index (χ0n) is 10.2. The van der Waals surface area contributed by atoms with E-state index in [-0.39, 0.29) is 11.4 Å². The Morgan fingerprint density at radius 1 is 1.24 bits per heavy atom. The van der Waals surface area contributed by atoms with E-state index in [1.165, 1.54) is 18.2 Å². The number of nitrogens with one attached hydrogen (secondary N) is 2. The zero-order valence-corrected chi connectivity index (χ0v) is 11.1. The Bertz CT molecular complexity index is 815. The lowest BCUT2D eigenvalue weighted by Crippen LogP contribution is -2.14. The van der Waals surface area contributed by atoms with Crippen molar-refractivity contribution in [2.24, 2.45) is 0 Å². The lowest BCUT2D eigenvalue weighted by Gasteiger charge is -2.06. The largest absolute Gasteiger partial charge is 0.358 e. The minimum atomic E-state index is -5.00. The summed E-state index contributed by atoms with van der Waals surface area (Å²) in [6, 6.07) is 7.11. The number of hydrogen-bond acceptors (Lipinski definition) is 5. The Morgan fingerprint density at radius 2 is 1.90 bits per heavy atom. The third kappa shape index (κ3) is 3.23. The van der Waals surface area contributed by atoms with E-state index in [4.69, 9.17) is 0 Å². The third-order valence-corrected chi connectivity index (χ3v) is 3.39. The Hall–Kier alpha value is -2.75. The van der Waals surface area contributed by atoms with Gasteiger partial charge in [0, 0.05) is 6.07 Å². The highest BCUT2D eigenvalue weighted by molar-refractivity contribution is 7.86. The van der Waals surface area contributed by atoms with E-state index in [9.17, 15) is 27.2 Å². The smallest absolute Gasteiger partial charge is 0.334 e. The fourth-order valence-electron chi connectivity index (χ4n) is 1.59. The van der Waals surface area contributed by atoms with Crippen LogP contribution in [0.2, 0.25) is 0 Å². The molecule has 0 atom stereocenters. The van der Waals surface area contributed by atoms with Gasteiger partial charge in [0.1, 0.15) is 4.90 Å². The molecule has 110 valence electrons. The SMILES string of the molecule is O=C(Nc1ccccc1S(=O)(=O)F)c1ccc([N+](=O)[O-])[nH]1. The van der Waals surface area contributed by atoms with E-state index in [2.05, 4.69) is 10.3 Å². The number of aromatic amines is 1. The number of benzene rings is 1. The molecule has 8 nitrogen and oxygen atoms in total. The summed E-state index contributed by atoms with van der Waals surface area (Å²) in [6.45, 7) is 0. The van der Waals surface area contributed by atoms with Crippen molar-refractivity contribution in [3.05, 3.63) is 52.2 Å². The van der Waals surface area contributed by atoms with Crippen LogP contribution < -0.4 is 5.32 Å². The number of halogens is 1. The van der Waals surface area contributed by atoms with Crippen LogP contribution in [-0.4, -0.2) is 24.2 Å². The van der Waals surface area contributed by atoms with Crippen molar-refractivity contribution in [3.63, 3.8) is 0 Å². The third-order valence-electron chi connectivity index (χ3n) is 2.51. The van der Waals surface area contributed by atoms with Crippen molar-refractivity contribution >= 4 is 27.6 Å². The van der Waals surface area contributed by atoms with Crippen molar-refractivity contribution in [3.8, 4) is 0 Å². The molecule has 10 heteroatoms. The Balaban J connectivity index is 2.30. The molecule has 1 aromatic carbocycles. The molecule has 0 aliphatic rings. The second-order valence-corrected chi connectivity index (χ2v) is 5.22. The number of amides is 1. The maximum atomic E-state index is 13.1. The molecular weight excluding hydrogens is 305 g/mol. The summed E-state index contributed by atoms with van der Waals surface area (Å²) in [7, 11) is -5.00. The van der Waals surface area contributed by atoms with Gasteiger partial charge in [-0.15, -0.1) is 3.89 Å². The molecule has 1 amide bonds. The second-order valence-electron chi connectivity index (χ2n) is 3.90. The molecule has 0 bridgehead atoms. The number of carbonyl (C=O) groups is 1. The van der Waals surface area contributed by atoms with E-state index in [1.807, 2.05) is 0 Å². The first-order valence-corrected chi connectivity index (χ1v) is 6.86. The Morgan fingerprint density at radius 3 is 2.48 bits per heavy atom. The van der Waals surface area contributed by atoms with Crippen LogP contribution in [0.5, 0.6) is 0 Å². The molecule has 1 aromatic heterocycles. The Kier molecular flexibility index (Phi) is 3.72. The summed E-state index contributed by atoms with van der Waals surface area (Å²) < 4.78 is 35.0. The molecule has 0 aliphatic carbocycles. The maximum absolute atomic E-state index is 13.1. The van der Waals surface area contributed by atoms with Crippen LogP contribution in [0.3, 0.4) is 0 Å². The summed E-state index contributed by atoms with van der Waals surface area (Å²) in [4.78, 5) is 23.2. The molecule has 0 saturated carbocycles. The van der Waals surface area contributed by atoms with Crippen molar-refractivity contribution < 1.29 is 22.0 Å². The number of aromatic nitrogens is 1. The quantitative estimate of drug-likeness (QED) is 0.506. The van der Waals surface area contributed by atoms with Crippen LogP contribution in [0, 0.1) is 10.1 Å². The minimum Gasteiger partial charge on any atom is -0.358 e. The maximum Gasteiger partial charge on any atom is 0.334 e. The lowest BCUT2D eigenvalue weighted by atomic mass is 10.3. The summed E-state index contributed by atoms with van der Waals surface area (Å²) in [5.74, 6) is -1.23. The van der Waals surface area contributed by atoms with Gasteiger partial charge in [-0.2, -0.15) is 8.42 Å². The highest BCUT2D eigenvalue weighted by Gasteiger charge is 2.21. The highest BCUT2D eigenvalue weighted by atomic mass is 32.3. The predicted octanol–water partition coefficient (Wildman–Crippen LogP) is 1.83. The van der Waals surface area contributed by atoms with Crippen LogP contribution >= 0.6 is 0 Å². The van der Waals surface area contributed by atoms with Gasteiger partial charge in [-0.1, -0.05) is 12.1 Å². The van der Waals surface area contributed by atoms with Gasteiger partial charge in [-0.05, 0) is 23.1 Å². The normalized spacial score (nSPS) is 11.1. The topological polar surface area (TPSA) is 122 Å². The number of carbonyl (C=O) groups excluding carboxylic acids is 1. The van der Waals surface area contributed by atoms with Crippen LogP contribution in [0.4, 0.5) is 15.4 Å². The number of rotatable bonds is 4. The Labute approximate surface area is 118 Å². The number of nitrogens with zero attached hydrogens (tertiary/aromatic N) is 1. The zero-order chi connectivity index (χ0) is 15.6. The fraction of sp³-hybridized carbons (Fsp3) is 0. The molecule has 2 rings (SSSR count). The first kappa shape index (κ1) is 14.7. The van der Waals surface area contributed by atoms with E-state index < -0.39 is 31.8 Å². The van der Waals surface area contributed by atoms with E-state index in [1.54, 1.807) is 0 Å². The molecule has 21 heavy (non-hydrogen) atoms. The first-order chi connectivity index (χ1) is 9.79. The molecular formula is C11H8FN3O5S. The van der Waals surface area contributed by atoms with Crippen molar-refractivity contribution in [1.29, 1.82) is 0 Å². The molecule has 0 radical (unpaired) electrons. The molecule has 0 spiro atoms. The van der Waals surface area contributed by atoms with Gasteiger partial charge >= 0.3 is 16.0 Å². The van der Waals surface area contributed by atoms with Crippen LogP contribution in [0.1, 0.15) is 10.5 Å². The van der Waals surface area contributed by atoms with E-state index in [0.29, 0.717) is 0 Å². The molecule has 2 aromatic rings. The van der Waals surface area contributed by atoms with Gasteiger partial charge in [-0.3, -0.25) is 4.79 Å². The average Bonchev–Trinajstić information content (AvgIpc) is 2.88. The van der Waals surface area contributed by atoms with E-state index >= 15 is 0 Å². The first-order valence-electron chi connectivity index (χ1n) is 5.47. The number of hydrogen-bond donors (Lipinski definition) is 2. The molecule has 0 unspecified atom stereocenters. The molecule has 1 heterocycles. The van der Waals surface area contributed by atoms with Gasteiger partial charge in [0.25, 0.3) is 5.91 Å². The fourth-order valence-corrected chi connectivity index (χ4v) is 2.22. The molecule has 0 saturated heterocycles. The minimum absolute atomic E-state index is 0.159. The van der Waals surface area contributed by atoms with Crippen LogP contribution in [0.15, 0.2) is 41.3 Å². The average molecular weight is 313 g/mol. The molecule has 2 N–H and O–H groups in total. The highest BCUT2D eigenvalue weighted by Crippen LogP contribution is 2.23. The summed E-state index contributed by atoms with van der Waals surface area (Å²) in [6.07, 6.45) is 0. The van der Waals surface area contributed by atoms with Crippen molar-refractivity contribution in [2.45, 2.75) is 4.90 Å². The summed E-state index contributed by atoms with van der Waals surface area (Å²) in [5, 5.41) is 12.7. The van der Waals surface area contributed by atoms with Gasteiger partial charge in [0.2, 0.25) is 0 Å². The predicted molar refractivity (Wildman–Crippen MR) is 70.1 cm³/mol. The van der Waals surface area contributed by atoms with Gasteiger partial charge < -0.3 is 15.4 Å². The van der Waals surface area contributed by atoms with Crippen molar-refractivity contribution in [1.82, 2.24) is 4.98 Å². The van der Waals surface area contributed by atoms with Crippen LogP contribution in [0.25, 0.3) is 0 Å². The lowest BCUT2D eigenvalue weighted by molar-refractivity contribution is -0.389. The summed E-state index contributed by atoms with van der Waals surface area (Å²) in [5.41, 5.74) is -0.421. The number of H-pyrrole nitrogens is 1. The standard InChI is InChI=1S/C11H8FN3O5S/c12-21(19,20)9-4-2-1-3-7(9)14-11(16)8-5-6-10(13-8)15(17)18/h1-6,13H,(H,14,16). The monoisotopic (exact) mass is 313 g/mol. The van der Waals surface area contributed by atoms with Gasteiger partial charge in [-0.25, -0.2) is 4.98 Å². The molecule has 0 aliphatic heterocycles. The number of nitro groups is 1. The van der Waals surface area contributed by atoms with Gasteiger partial charge in [0.05, 0.1) is 5.69 Å². The van der Waals surface area contributed by atoms with Crippen molar-refractivity contribution in [2.75, 3.05) is 5.32 Å². The number of para-hydroxylation sites is 1. The van der Waals surface area contributed by atoms with E-state index in [0.717, 1.165) is 18.2 Å². The summed E-state index contributed by atoms with van der Waals surface area (Å²) >= 11 is 0.